The van der Waals surface area contributed by atoms with Crippen molar-refractivity contribution in [1.29, 1.82) is 0 Å². The summed E-state index contributed by atoms with van der Waals surface area (Å²) < 4.78 is 15.9. The molecule has 0 aliphatic rings. The molecule has 0 amide bonds. The van der Waals surface area contributed by atoms with Gasteiger partial charge in [0.25, 0.3) is 0 Å². The number of nitrogens with zero attached hydrogens (tertiary/aromatic N) is 1. The van der Waals surface area contributed by atoms with Crippen molar-refractivity contribution in [3.05, 3.63) is 57.7 Å². The first-order chi connectivity index (χ1) is 9.93. The van der Waals surface area contributed by atoms with Gasteiger partial charge in [-0.15, -0.1) is 0 Å². The minimum absolute atomic E-state index is 0.0924. The molecule has 2 rings (SSSR count). The maximum Gasteiger partial charge on any atom is 0.129 e. The number of aryl methyl sites for hydroxylation is 3. The molecule has 0 saturated carbocycles. The molecule has 2 aromatic rings. The molecule has 3 heteroatoms. The van der Waals surface area contributed by atoms with Gasteiger partial charge in [-0.25, -0.2) is 4.39 Å². The van der Waals surface area contributed by atoms with E-state index in [0.717, 1.165) is 36.3 Å². The van der Waals surface area contributed by atoms with Crippen LogP contribution in [0.15, 0.2) is 18.2 Å². The molecule has 0 radical (unpaired) electrons. The van der Waals surface area contributed by atoms with E-state index in [2.05, 4.69) is 36.7 Å². The van der Waals surface area contributed by atoms with E-state index in [9.17, 15) is 4.39 Å². The highest BCUT2D eigenvalue weighted by Crippen LogP contribution is 2.16. The fourth-order valence-corrected chi connectivity index (χ4v) is 3.02. The van der Waals surface area contributed by atoms with E-state index in [1.165, 1.54) is 17.0 Å². The second kappa shape index (κ2) is 6.44. The van der Waals surface area contributed by atoms with Gasteiger partial charge >= 0.3 is 0 Å². The molecule has 0 saturated heterocycles. The Balaban J connectivity index is 2.02. The molecule has 0 spiro atoms. The van der Waals surface area contributed by atoms with Gasteiger partial charge in [-0.2, -0.15) is 0 Å². The number of benzene rings is 1. The second-order valence-corrected chi connectivity index (χ2v) is 5.79. The van der Waals surface area contributed by atoms with Gasteiger partial charge in [0, 0.05) is 31.0 Å². The van der Waals surface area contributed by atoms with E-state index in [1.807, 2.05) is 26.0 Å². The lowest BCUT2D eigenvalue weighted by Crippen LogP contribution is -2.14. The second-order valence-electron chi connectivity index (χ2n) is 5.79. The molecule has 0 atom stereocenters. The largest absolute Gasteiger partial charge is 0.349 e. The molecule has 0 aliphatic carbocycles. The third-order valence-electron chi connectivity index (χ3n) is 4.14. The summed E-state index contributed by atoms with van der Waals surface area (Å²) in [7, 11) is 0. The van der Waals surface area contributed by atoms with Gasteiger partial charge in [0.2, 0.25) is 0 Å². The fourth-order valence-electron chi connectivity index (χ4n) is 3.02. The average Bonchev–Trinajstić information content (AvgIpc) is 2.70. The van der Waals surface area contributed by atoms with E-state index < -0.39 is 0 Å². The van der Waals surface area contributed by atoms with Crippen molar-refractivity contribution < 1.29 is 4.39 Å². The molecule has 2 nitrogen and oxygen atoms in total. The third kappa shape index (κ3) is 3.35. The first-order valence-corrected chi connectivity index (χ1v) is 7.56. The summed E-state index contributed by atoms with van der Waals surface area (Å²) in [5.41, 5.74) is 6.54. The van der Waals surface area contributed by atoms with Crippen LogP contribution in [-0.4, -0.2) is 4.57 Å². The van der Waals surface area contributed by atoms with E-state index in [0.29, 0.717) is 0 Å². The van der Waals surface area contributed by atoms with Gasteiger partial charge in [0.1, 0.15) is 5.82 Å². The van der Waals surface area contributed by atoms with Gasteiger partial charge in [0.15, 0.2) is 0 Å². The summed E-state index contributed by atoms with van der Waals surface area (Å²) in [5.74, 6) is -0.0924. The Hall–Kier alpha value is -1.61. The number of aromatic nitrogens is 1. The van der Waals surface area contributed by atoms with Gasteiger partial charge in [-0.1, -0.05) is 12.1 Å². The lowest BCUT2D eigenvalue weighted by atomic mass is 10.1. The highest BCUT2D eigenvalue weighted by atomic mass is 19.1. The molecular formula is C18H25FN2. The Kier molecular flexibility index (Phi) is 4.84. The average molecular weight is 288 g/mol. The van der Waals surface area contributed by atoms with Crippen molar-refractivity contribution in [2.24, 2.45) is 0 Å². The molecule has 1 aromatic heterocycles. The zero-order valence-electron chi connectivity index (χ0n) is 13.7. The molecule has 0 bridgehead atoms. The predicted molar refractivity (Wildman–Crippen MR) is 86.0 cm³/mol. The Bertz CT molecular complexity index is 618. The van der Waals surface area contributed by atoms with Gasteiger partial charge < -0.3 is 9.88 Å². The van der Waals surface area contributed by atoms with Crippen LogP contribution in [0.3, 0.4) is 0 Å². The molecule has 0 unspecified atom stereocenters. The van der Waals surface area contributed by atoms with E-state index in [4.69, 9.17) is 0 Å². The molecule has 0 fully saturated rings. The Morgan fingerprint density at radius 2 is 1.62 bits per heavy atom. The first-order valence-electron chi connectivity index (χ1n) is 7.56. The highest BCUT2D eigenvalue weighted by molar-refractivity contribution is 5.31. The smallest absolute Gasteiger partial charge is 0.129 e. The van der Waals surface area contributed by atoms with E-state index in [1.54, 1.807) is 0 Å². The zero-order chi connectivity index (χ0) is 15.6. The maximum absolute atomic E-state index is 13.6. The van der Waals surface area contributed by atoms with Crippen LogP contribution in [0.4, 0.5) is 4.39 Å². The third-order valence-corrected chi connectivity index (χ3v) is 4.14. The molecule has 1 N–H and O–H groups in total. The van der Waals surface area contributed by atoms with Crippen LogP contribution < -0.4 is 5.32 Å². The topological polar surface area (TPSA) is 17.0 Å². The predicted octanol–water partition coefficient (Wildman–Crippen LogP) is 4.17. The summed E-state index contributed by atoms with van der Waals surface area (Å²) in [5, 5.41) is 3.46. The first kappa shape index (κ1) is 15.8. The molecule has 21 heavy (non-hydrogen) atoms. The van der Waals surface area contributed by atoms with Gasteiger partial charge in [-0.3, -0.25) is 0 Å². The maximum atomic E-state index is 13.6. The molecule has 1 heterocycles. The zero-order valence-corrected chi connectivity index (χ0v) is 13.7. The quantitative estimate of drug-likeness (QED) is 0.873. The number of hydrogen-bond acceptors (Lipinski definition) is 1. The lowest BCUT2D eigenvalue weighted by Gasteiger charge is -2.09. The Labute approximate surface area is 127 Å². The minimum atomic E-state index is -0.0924. The monoisotopic (exact) mass is 288 g/mol. The van der Waals surface area contributed by atoms with Crippen molar-refractivity contribution in [1.82, 2.24) is 9.88 Å². The Morgan fingerprint density at radius 3 is 2.14 bits per heavy atom. The normalized spacial score (nSPS) is 11.1. The molecule has 114 valence electrons. The molecule has 0 aliphatic heterocycles. The van der Waals surface area contributed by atoms with Crippen LogP contribution in [0.5, 0.6) is 0 Å². The van der Waals surface area contributed by atoms with Gasteiger partial charge in [0.05, 0.1) is 0 Å². The molecule has 1 aromatic carbocycles. The van der Waals surface area contributed by atoms with Crippen molar-refractivity contribution in [3.8, 4) is 0 Å². The van der Waals surface area contributed by atoms with Crippen LogP contribution in [0.25, 0.3) is 0 Å². The van der Waals surface area contributed by atoms with Crippen LogP contribution in [-0.2, 0) is 19.6 Å². The standard InChI is InChI=1S/C18H25FN2/c1-6-21-14(4)9-17(15(21)5)11-20-10-16-7-12(2)18(19)13(3)8-16/h7-9,20H,6,10-11H2,1-5H3. The Morgan fingerprint density at radius 1 is 1.00 bits per heavy atom. The van der Waals surface area contributed by atoms with Crippen LogP contribution in [0, 0.1) is 33.5 Å². The summed E-state index contributed by atoms with van der Waals surface area (Å²) in [6.07, 6.45) is 0. The lowest BCUT2D eigenvalue weighted by molar-refractivity contribution is 0.606. The molecular weight excluding hydrogens is 263 g/mol. The minimum Gasteiger partial charge on any atom is -0.349 e. The van der Waals surface area contributed by atoms with Crippen LogP contribution in [0.2, 0.25) is 0 Å². The van der Waals surface area contributed by atoms with Crippen molar-refractivity contribution in [2.75, 3.05) is 0 Å². The fraction of sp³-hybridized carbons (Fsp3) is 0.444. The number of halogens is 1. The van der Waals surface area contributed by atoms with E-state index >= 15 is 0 Å². The van der Waals surface area contributed by atoms with Crippen molar-refractivity contribution in [2.45, 2.75) is 54.3 Å². The number of rotatable bonds is 5. The SMILES string of the molecule is CCn1c(C)cc(CNCc2cc(C)c(F)c(C)c2)c1C. The summed E-state index contributed by atoms with van der Waals surface area (Å²) in [4.78, 5) is 0. The van der Waals surface area contributed by atoms with Crippen molar-refractivity contribution in [3.63, 3.8) is 0 Å². The summed E-state index contributed by atoms with van der Waals surface area (Å²) in [6.45, 7) is 12.7. The van der Waals surface area contributed by atoms with E-state index in [-0.39, 0.29) is 5.82 Å². The summed E-state index contributed by atoms with van der Waals surface area (Å²) in [6, 6.07) is 6.09. The summed E-state index contributed by atoms with van der Waals surface area (Å²) >= 11 is 0. The highest BCUT2D eigenvalue weighted by Gasteiger charge is 2.08. The van der Waals surface area contributed by atoms with Gasteiger partial charge in [-0.05, 0) is 62.9 Å². The number of nitrogens with one attached hydrogen (secondary N) is 1. The van der Waals surface area contributed by atoms with Crippen LogP contribution in [0.1, 0.15) is 40.6 Å². The van der Waals surface area contributed by atoms with Crippen LogP contribution >= 0.6 is 0 Å². The number of hydrogen-bond donors (Lipinski definition) is 1. The van der Waals surface area contributed by atoms with Crippen molar-refractivity contribution >= 4 is 0 Å².